The molecule has 0 amide bonds. The van der Waals surface area contributed by atoms with E-state index in [4.69, 9.17) is 4.74 Å². The number of rotatable bonds is 3. The van der Waals surface area contributed by atoms with E-state index in [1.54, 1.807) is 12.1 Å². The highest BCUT2D eigenvalue weighted by molar-refractivity contribution is 5.30. The highest BCUT2D eigenvalue weighted by atomic mass is 19.1. The fourth-order valence-corrected chi connectivity index (χ4v) is 2.28. The lowest BCUT2D eigenvalue weighted by Crippen LogP contribution is -2.33. The Morgan fingerprint density at radius 2 is 2.35 bits per heavy atom. The summed E-state index contributed by atoms with van der Waals surface area (Å²) in [5.74, 6) is 0.161. The van der Waals surface area contributed by atoms with Crippen LogP contribution in [0.4, 0.5) is 4.39 Å². The molecule has 0 aromatic heterocycles. The summed E-state index contributed by atoms with van der Waals surface area (Å²) in [6.07, 6.45) is 1.22. The summed E-state index contributed by atoms with van der Waals surface area (Å²) in [6.45, 7) is 1.72. The standard InChI is InChI=1S/C13H18FNO2/c1-17-10-4-5-11(12(14)7-10)13(16)9-3-2-6-15-8-9/h4-5,7,9,13,15-16H,2-3,6,8H2,1H3. The van der Waals surface area contributed by atoms with Crippen molar-refractivity contribution in [2.24, 2.45) is 5.92 Å². The number of hydrogen-bond donors (Lipinski definition) is 2. The van der Waals surface area contributed by atoms with Gasteiger partial charge in [-0.3, -0.25) is 0 Å². The molecule has 2 atom stereocenters. The van der Waals surface area contributed by atoms with Crippen LogP contribution in [-0.4, -0.2) is 25.3 Å². The van der Waals surface area contributed by atoms with Crippen molar-refractivity contribution < 1.29 is 14.2 Å². The topological polar surface area (TPSA) is 41.5 Å². The minimum Gasteiger partial charge on any atom is -0.497 e. The van der Waals surface area contributed by atoms with Crippen LogP contribution >= 0.6 is 0 Å². The fraction of sp³-hybridized carbons (Fsp3) is 0.538. The van der Waals surface area contributed by atoms with Crippen molar-refractivity contribution in [3.8, 4) is 5.75 Å². The predicted molar refractivity (Wildman–Crippen MR) is 63.5 cm³/mol. The molecular formula is C13H18FNO2. The molecule has 17 heavy (non-hydrogen) atoms. The third-order valence-corrected chi connectivity index (χ3v) is 3.31. The Morgan fingerprint density at radius 3 is 2.94 bits per heavy atom. The molecule has 0 spiro atoms. The van der Waals surface area contributed by atoms with Crippen LogP contribution in [0.15, 0.2) is 18.2 Å². The van der Waals surface area contributed by atoms with E-state index in [1.165, 1.54) is 13.2 Å². The minimum atomic E-state index is -0.742. The molecule has 1 saturated heterocycles. The van der Waals surface area contributed by atoms with E-state index in [0.717, 1.165) is 25.9 Å². The zero-order valence-corrected chi connectivity index (χ0v) is 9.95. The quantitative estimate of drug-likeness (QED) is 0.846. The van der Waals surface area contributed by atoms with Gasteiger partial charge in [-0.15, -0.1) is 0 Å². The first-order valence-electron chi connectivity index (χ1n) is 5.94. The van der Waals surface area contributed by atoms with Crippen molar-refractivity contribution >= 4 is 0 Å². The van der Waals surface area contributed by atoms with Gasteiger partial charge in [0, 0.05) is 24.1 Å². The zero-order valence-electron chi connectivity index (χ0n) is 9.95. The lowest BCUT2D eigenvalue weighted by atomic mass is 9.89. The first kappa shape index (κ1) is 12.3. The molecule has 0 aliphatic carbocycles. The molecule has 0 radical (unpaired) electrons. The van der Waals surface area contributed by atoms with E-state index < -0.39 is 11.9 Å². The highest BCUT2D eigenvalue weighted by Gasteiger charge is 2.25. The fourth-order valence-electron chi connectivity index (χ4n) is 2.28. The second kappa shape index (κ2) is 5.47. The van der Waals surface area contributed by atoms with Crippen LogP contribution in [-0.2, 0) is 0 Å². The Morgan fingerprint density at radius 1 is 1.53 bits per heavy atom. The molecule has 1 heterocycles. The molecule has 0 saturated carbocycles. The van der Waals surface area contributed by atoms with E-state index in [1.807, 2.05) is 0 Å². The summed E-state index contributed by atoms with van der Waals surface area (Å²) in [5, 5.41) is 13.4. The van der Waals surface area contributed by atoms with Crippen LogP contribution in [0.25, 0.3) is 0 Å². The number of aliphatic hydroxyl groups excluding tert-OH is 1. The van der Waals surface area contributed by atoms with E-state index in [2.05, 4.69) is 5.32 Å². The lowest BCUT2D eigenvalue weighted by molar-refractivity contribution is 0.0887. The van der Waals surface area contributed by atoms with Gasteiger partial charge in [-0.25, -0.2) is 4.39 Å². The summed E-state index contributed by atoms with van der Waals surface area (Å²) in [5.41, 5.74) is 0.361. The molecule has 1 aliphatic heterocycles. The number of methoxy groups -OCH3 is 1. The maximum absolute atomic E-state index is 13.8. The van der Waals surface area contributed by atoms with Crippen LogP contribution in [0.3, 0.4) is 0 Å². The van der Waals surface area contributed by atoms with Gasteiger partial charge in [-0.2, -0.15) is 0 Å². The molecule has 3 nitrogen and oxygen atoms in total. The number of piperidine rings is 1. The Balaban J connectivity index is 2.15. The summed E-state index contributed by atoms with van der Waals surface area (Å²) in [7, 11) is 1.50. The molecule has 1 aliphatic rings. The third kappa shape index (κ3) is 2.76. The van der Waals surface area contributed by atoms with Gasteiger partial charge < -0.3 is 15.2 Å². The molecule has 0 bridgehead atoms. The van der Waals surface area contributed by atoms with Crippen molar-refractivity contribution in [2.45, 2.75) is 18.9 Å². The molecule has 2 unspecified atom stereocenters. The van der Waals surface area contributed by atoms with Crippen molar-refractivity contribution in [2.75, 3.05) is 20.2 Å². The predicted octanol–water partition coefficient (Wildman–Crippen LogP) is 1.87. The molecule has 2 rings (SSSR count). The molecule has 94 valence electrons. The first-order chi connectivity index (χ1) is 8.22. The SMILES string of the molecule is COc1ccc(C(O)C2CCCNC2)c(F)c1. The number of hydrogen-bond acceptors (Lipinski definition) is 3. The minimum absolute atomic E-state index is 0.0895. The third-order valence-electron chi connectivity index (χ3n) is 3.31. The summed E-state index contributed by atoms with van der Waals surface area (Å²) in [6, 6.07) is 4.60. The maximum atomic E-state index is 13.8. The Bertz CT molecular complexity index is 378. The van der Waals surface area contributed by atoms with Gasteiger partial charge in [-0.05, 0) is 31.5 Å². The average Bonchev–Trinajstić information content (AvgIpc) is 2.39. The second-order valence-electron chi connectivity index (χ2n) is 4.44. The van der Waals surface area contributed by atoms with Crippen LogP contribution < -0.4 is 10.1 Å². The Kier molecular flexibility index (Phi) is 3.97. The van der Waals surface area contributed by atoms with Gasteiger partial charge in [0.1, 0.15) is 11.6 Å². The first-order valence-corrected chi connectivity index (χ1v) is 5.94. The van der Waals surface area contributed by atoms with E-state index in [9.17, 15) is 9.50 Å². The lowest BCUT2D eigenvalue weighted by Gasteiger charge is -2.27. The van der Waals surface area contributed by atoms with Crippen molar-refractivity contribution in [1.82, 2.24) is 5.32 Å². The Labute approximate surface area is 101 Å². The van der Waals surface area contributed by atoms with Crippen molar-refractivity contribution in [3.63, 3.8) is 0 Å². The molecule has 4 heteroatoms. The van der Waals surface area contributed by atoms with Gasteiger partial charge in [-0.1, -0.05) is 0 Å². The van der Waals surface area contributed by atoms with Gasteiger partial charge >= 0.3 is 0 Å². The average molecular weight is 239 g/mol. The normalized spacial score (nSPS) is 22.2. The number of aliphatic hydroxyl groups is 1. The summed E-state index contributed by atoms with van der Waals surface area (Å²) in [4.78, 5) is 0. The van der Waals surface area contributed by atoms with Crippen LogP contribution in [0.1, 0.15) is 24.5 Å². The zero-order chi connectivity index (χ0) is 12.3. The second-order valence-corrected chi connectivity index (χ2v) is 4.44. The molecular weight excluding hydrogens is 221 g/mol. The number of ether oxygens (including phenoxy) is 1. The van der Waals surface area contributed by atoms with Crippen molar-refractivity contribution in [3.05, 3.63) is 29.6 Å². The number of halogens is 1. The molecule has 1 aromatic rings. The van der Waals surface area contributed by atoms with Crippen molar-refractivity contribution in [1.29, 1.82) is 0 Å². The Hall–Kier alpha value is -1.13. The number of benzene rings is 1. The molecule has 1 fully saturated rings. The van der Waals surface area contributed by atoms with Gasteiger partial charge in [0.05, 0.1) is 13.2 Å². The van der Waals surface area contributed by atoms with Crippen LogP contribution in [0.5, 0.6) is 5.75 Å². The number of nitrogens with one attached hydrogen (secondary N) is 1. The monoisotopic (exact) mass is 239 g/mol. The van der Waals surface area contributed by atoms with E-state index >= 15 is 0 Å². The van der Waals surface area contributed by atoms with Gasteiger partial charge in [0.25, 0.3) is 0 Å². The van der Waals surface area contributed by atoms with Crippen LogP contribution in [0, 0.1) is 11.7 Å². The maximum Gasteiger partial charge on any atom is 0.132 e. The van der Waals surface area contributed by atoms with E-state index in [0.29, 0.717) is 11.3 Å². The van der Waals surface area contributed by atoms with E-state index in [-0.39, 0.29) is 5.92 Å². The highest BCUT2D eigenvalue weighted by Crippen LogP contribution is 2.30. The smallest absolute Gasteiger partial charge is 0.132 e. The molecule has 2 N–H and O–H groups in total. The van der Waals surface area contributed by atoms with Crippen LogP contribution in [0.2, 0.25) is 0 Å². The van der Waals surface area contributed by atoms with Gasteiger partial charge in [0.2, 0.25) is 0 Å². The summed E-state index contributed by atoms with van der Waals surface area (Å²) >= 11 is 0. The molecule has 1 aromatic carbocycles. The summed E-state index contributed by atoms with van der Waals surface area (Å²) < 4.78 is 18.7. The largest absolute Gasteiger partial charge is 0.497 e. The van der Waals surface area contributed by atoms with Gasteiger partial charge in [0.15, 0.2) is 0 Å².